The minimum atomic E-state index is -0.977. The molecular formula is C20H29NO4S. The Hall–Kier alpha value is -2.05. The van der Waals surface area contributed by atoms with Crippen LogP contribution in [0.5, 0.6) is 0 Å². The van der Waals surface area contributed by atoms with E-state index in [1.807, 2.05) is 32.9 Å². The third kappa shape index (κ3) is 10.1. The lowest BCUT2D eigenvalue weighted by Crippen LogP contribution is -2.15. The molecule has 0 unspecified atom stereocenters. The number of thiazole rings is 1. The predicted molar refractivity (Wildman–Crippen MR) is 107 cm³/mol. The number of aryl methyl sites for hydroxylation is 1. The number of aromatic carboxylic acids is 1. The molecular weight excluding hydrogens is 350 g/mol. The van der Waals surface area contributed by atoms with Crippen LogP contribution in [-0.2, 0) is 16.0 Å². The summed E-state index contributed by atoms with van der Waals surface area (Å²) in [6.07, 6.45) is 2.94. The van der Waals surface area contributed by atoms with E-state index in [4.69, 9.17) is 14.6 Å². The molecule has 0 bridgehead atoms. The van der Waals surface area contributed by atoms with E-state index < -0.39 is 5.97 Å². The number of methoxy groups -OCH3 is 1. The van der Waals surface area contributed by atoms with Gasteiger partial charge in [0, 0.05) is 18.1 Å². The lowest BCUT2D eigenvalue weighted by molar-refractivity contribution is -0.106. The largest absolute Gasteiger partial charge is 0.476 e. The molecule has 0 spiro atoms. The number of hydrogen-bond donors (Lipinski definition) is 1. The van der Waals surface area contributed by atoms with Crippen molar-refractivity contribution in [1.82, 2.24) is 4.98 Å². The van der Waals surface area contributed by atoms with E-state index in [9.17, 15) is 4.79 Å². The van der Waals surface area contributed by atoms with E-state index in [-0.39, 0.29) is 11.3 Å². The smallest absolute Gasteiger partial charge is 0.355 e. The summed E-state index contributed by atoms with van der Waals surface area (Å²) in [6.45, 7) is 9.65. The number of benzene rings is 1. The number of carbonyl (C=O) groups excluding carboxylic acids is 1. The van der Waals surface area contributed by atoms with Crippen molar-refractivity contribution < 1.29 is 19.4 Å². The highest BCUT2D eigenvalue weighted by molar-refractivity contribution is 7.13. The van der Waals surface area contributed by atoms with Gasteiger partial charge in [-0.2, -0.15) is 0 Å². The minimum absolute atomic E-state index is 0.0417. The van der Waals surface area contributed by atoms with Crippen LogP contribution in [0.1, 0.15) is 57.1 Å². The second-order valence-corrected chi connectivity index (χ2v) is 7.20. The average molecular weight is 380 g/mol. The van der Waals surface area contributed by atoms with Crippen LogP contribution in [0, 0.1) is 0 Å². The van der Waals surface area contributed by atoms with Crippen molar-refractivity contribution in [2.24, 2.45) is 0 Å². The van der Waals surface area contributed by atoms with Gasteiger partial charge in [0.15, 0.2) is 5.69 Å². The molecule has 6 heteroatoms. The van der Waals surface area contributed by atoms with Crippen LogP contribution >= 0.6 is 11.3 Å². The Morgan fingerprint density at radius 1 is 1.27 bits per heavy atom. The SMILES string of the molecule is CC=O.CCCc1ccc(-c2nc(C(=O)O)cs2)cc1.COC(C)(C)C. The quantitative estimate of drug-likeness (QED) is 0.748. The first-order valence-corrected chi connectivity index (χ1v) is 9.29. The molecule has 2 aromatic rings. The Morgan fingerprint density at radius 2 is 1.77 bits per heavy atom. The summed E-state index contributed by atoms with van der Waals surface area (Å²) in [6, 6.07) is 8.13. The van der Waals surface area contributed by atoms with Crippen molar-refractivity contribution in [3.8, 4) is 10.6 Å². The number of carbonyl (C=O) groups is 2. The van der Waals surface area contributed by atoms with Crippen molar-refractivity contribution in [2.45, 2.75) is 53.1 Å². The molecule has 0 fully saturated rings. The van der Waals surface area contributed by atoms with Crippen molar-refractivity contribution in [3.05, 3.63) is 40.9 Å². The molecule has 0 radical (unpaired) electrons. The van der Waals surface area contributed by atoms with Gasteiger partial charge in [0.2, 0.25) is 0 Å². The van der Waals surface area contributed by atoms with E-state index in [0.29, 0.717) is 0 Å². The van der Waals surface area contributed by atoms with E-state index in [1.54, 1.807) is 12.5 Å². The Morgan fingerprint density at radius 3 is 2.12 bits per heavy atom. The zero-order valence-corrected chi connectivity index (χ0v) is 17.2. The highest BCUT2D eigenvalue weighted by atomic mass is 32.1. The fourth-order valence-corrected chi connectivity index (χ4v) is 2.41. The molecule has 26 heavy (non-hydrogen) atoms. The molecule has 1 aromatic heterocycles. The topological polar surface area (TPSA) is 76.5 Å². The third-order valence-corrected chi connectivity index (χ3v) is 3.97. The lowest BCUT2D eigenvalue weighted by atomic mass is 10.1. The zero-order chi connectivity index (χ0) is 20.2. The second-order valence-electron chi connectivity index (χ2n) is 6.34. The Labute approximate surface area is 160 Å². The predicted octanol–water partition coefficient (Wildman–Crippen LogP) is 5.10. The van der Waals surface area contributed by atoms with Gasteiger partial charge in [-0.15, -0.1) is 11.3 Å². The lowest BCUT2D eigenvalue weighted by Gasteiger charge is -2.14. The van der Waals surface area contributed by atoms with Gasteiger partial charge in [-0.25, -0.2) is 9.78 Å². The molecule has 5 nitrogen and oxygen atoms in total. The molecule has 1 aromatic carbocycles. The van der Waals surface area contributed by atoms with Gasteiger partial charge in [-0.1, -0.05) is 37.6 Å². The number of aromatic nitrogens is 1. The molecule has 0 aliphatic heterocycles. The highest BCUT2D eigenvalue weighted by Gasteiger charge is 2.09. The van der Waals surface area contributed by atoms with Gasteiger partial charge in [0.05, 0.1) is 5.60 Å². The van der Waals surface area contributed by atoms with Crippen molar-refractivity contribution in [2.75, 3.05) is 7.11 Å². The molecule has 0 aliphatic carbocycles. The van der Waals surface area contributed by atoms with Crippen LogP contribution in [0.4, 0.5) is 0 Å². The monoisotopic (exact) mass is 379 g/mol. The summed E-state index contributed by atoms with van der Waals surface area (Å²) in [5.74, 6) is -0.977. The molecule has 0 saturated carbocycles. The van der Waals surface area contributed by atoms with Crippen molar-refractivity contribution >= 4 is 23.6 Å². The van der Waals surface area contributed by atoms with Crippen LogP contribution in [0.2, 0.25) is 0 Å². The molecule has 0 aliphatic rings. The fourth-order valence-electron chi connectivity index (χ4n) is 1.61. The molecule has 0 amide bonds. The summed E-state index contributed by atoms with van der Waals surface area (Å²) < 4.78 is 4.94. The van der Waals surface area contributed by atoms with Gasteiger partial charge in [0.25, 0.3) is 0 Å². The summed E-state index contributed by atoms with van der Waals surface area (Å²) in [7, 11) is 1.71. The fraction of sp³-hybridized carbons (Fsp3) is 0.450. The summed E-state index contributed by atoms with van der Waals surface area (Å²) in [4.78, 5) is 23.6. The van der Waals surface area contributed by atoms with Crippen molar-refractivity contribution in [1.29, 1.82) is 0 Å². The van der Waals surface area contributed by atoms with E-state index >= 15 is 0 Å². The van der Waals surface area contributed by atoms with Gasteiger partial charge in [-0.3, -0.25) is 0 Å². The highest BCUT2D eigenvalue weighted by Crippen LogP contribution is 2.24. The molecule has 144 valence electrons. The van der Waals surface area contributed by atoms with Gasteiger partial charge >= 0.3 is 5.97 Å². The van der Waals surface area contributed by atoms with E-state index in [2.05, 4.69) is 24.0 Å². The summed E-state index contributed by atoms with van der Waals surface area (Å²) in [5, 5.41) is 11.1. The Kier molecular flexibility index (Phi) is 11.4. The zero-order valence-electron chi connectivity index (χ0n) is 16.4. The molecule has 1 heterocycles. The molecule has 2 rings (SSSR count). The number of aldehydes is 1. The number of rotatable bonds is 4. The number of hydrogen-bond acceptors (Lipinski definition) is 5. The first kappa shape index (κ1) is 23.9. The molecule has 0 atom stereocenters. The second kappa shape index (κ2) is 12.3. The molecule has 1 N–H and O–H groups in total. The normalized spacial score (nSPS) is 10.1. The number of carboxylic acid groups (broad SMARTS) is 1. The maximum absolute atomic E-state index is 10.7. The maximum atomic E-state index is 10.7. The summed E-state index contributed by atoms with van der Waals surface area (Å²) >= 11 is 1.36. The third-order valence-electron chi connectivity index (χ3n) is 3.08. The number of carboxylic acids is 1. The Balaban J connectivity index is 0.000000584. The van der Waals surface area contributed by atoms with Crippen LogP contribution in [0.15, 0.2) is 29.6 Å². The molecule has 0 saturated heterocycles. The first-order chi connectivity index (χ1) is 12.2. The minimum Gasteiger partial charge on any atom is -0.476 e. The Bertz CT molecular complexity index is 657. The van der Waals surface area contributed by atoms with Gasteiger partial charge < -0.3 is 14.6 Å². The van der Waals surface area contributed by atoms with Crippen LogP contribution in [-0.4, -0.2) is 35.1 Å². The number of nitrogens with zero attached hydrogens (tertiary/aromatic N) is 1. The van der Waals surface area contributed by atoms with Crippen LogP contribution in [0.25, 0.3) is 10.6 Å². The van der Waals surface area contributed by atoms with E-state index in [0.717, 1.165) is 29.7 Å². The van der Waals surface area contributed by atoms with Crippen LogP contribution < -0.4 is 0 Å². The maximum Gasteiger partial charge on any atom is 0.355 e. The number of ether oxygens (including phenoxy) is 1. The van der Waals surface area contributed by atoms with E-state index in [1.165, 1.54) is 23.8 Å². The summed E-state index contributed by atoms with van der Waals surface area (Å²) in [5.41, 5.74) is 2.43. The van der Waals surface area contributed by atoms with Crippen molar-refractivity contribution in [3.63, 3.8) is 0 Å². The van der Waals surface area contributed by atoms with Gasteiger partial charge in [-0.05, 0) is 39.7 Å². The van der Waals surface area contributed by atoms with Gasteiger partial charge in [0.1, 0.15) is 11.3 Å². The first-order valence-electron chi connectivity index (χ1n) is 8.41. The average Bonchev–Trinajstić information content (AvgIpc) is 3.07. The van der Waals surface area contributed by atoms with Crippen LogP contribution in [0.3, 0.4) is 0 Å². The standard InChI is InChI=1S/C13H13NO2S.C5H12O.C2H4O/c1-2-3-9-4-6-10(7-5-9)12-14-11(8-17-12)13(15)16;1-5(2,3)6-4;1-2-3/h4-8H,2-3H2,1H3,(H,15,16);1-4H3;2H,1H3.